The summed E-state index contributed by atoms with van der Waals surface area (Å²) in [4.78, 5) is 8.23. The maximum atomic E-state index is 4.24. The second-order valence-corrected chi connectivity index (χ2v) is 3.40. The number of anilines is 1. The van der Waals surface area contributed by atoms with Crippen molar-refractivity contribution in [2.45, 2.75) is 6.54 Å². The van der Waals surface area contributed by atoms with Crippen LogP contribution in [0.3, 0.4) is 0 Å². The maximum Gasteiger partial charge on any atom is 0.203 e. The van der Waals surface area contributed by atoms with Gasteiger partial charge in [0.1, 0.15) is 0 Å². The van der Waals surface area contributed by atoms with Gasteiger partial charge in [-0.3, -0.25) is 4.98 Å². The second kappa shape index (κ2) is 5.11. The number of aromatic nitrogens is 3. The lowest BCUT2D eigenvalue weighted by Gasteiger charge is -2.08. The van der Waals surface area contributed by atoms with Crippen LogP contribution in [-0.4, -0.2) is 21.1 Å². The molecule has 2 aromatic heterocycles. The molecule has 2 rings (SSSR count). The summed E-state index contributed by atoms with van der Waals surface area (Å²) in [6.07, 6.45) is 9.14. The minimum Gasteiger partial charge on any atom is -0.352 e. The summed E-state index contributed by atoms with van der Waals surface area (Å²) in [7, 11) is 0. The average Bonchev–Trinajstić information content (AvgIpc) is 2.75. The van der Waals surface area contributed by atoms with Gasteiger partial charge in [0.2, 0.25) is 5.95 Å². The van der Waals surface area contributed by atoms with Crippen LogP contribution >= 0.6 is 0 Å². The molecule has 0 saturated carbocycles. The second-order valence-electron chi connectivity index (χ2n) is 3.40. The lowest BCUT2D eigenvalue weighted by molar-refractivity contribution is 0.800. The Kier molecular flexibility index (Phi) is 3.33. The summed E-state index contributed by atoms with van der Waals surface area (Å²) in [5.74, 6) is 0.858. The highest BCUT2D eigenvalue weighted by Gasteiger charge is 2.01. The lowest BCUT2D eigenvalue weighted by atomic mass is 10.3. The number of imidazole rings is 1. The van der Waals surface area contributed by atoms with Gasteiger partial charge in [-0.25, -0.2) is 4.98 Å². The normalized spacial score (nSPS) is 10.0. The molecule has 0 radical (unpaired) electrons. The molecule has 0 bridgehead atoms. The minimum atomic E-state index is 0.716. The van der Waals surface area contributed by atoms with Crippen molar-refractivity contribution in [1.29, 1.82) is 0 Å². The Labute approximate surface area is 94.7 Å². The Morgan fingerprint density at radius 1 is 1.31 bits per heavy atom. The molecule has 0 aliphatic rings. The van der Waals surface area contributed by atoms with Gasteiger partial charge in [0.05, 0.1) is 6.54 Å². The van der Waals surface area contributed by atoms with E-state index >= 15 is 0 Å². The largest absolute Gasteiger partial charge is 0.352 e. The van der Waals surface area contributed by atoms with Crippen molar-refractivity contribution < 1.29 is 0 Å². The van der Waals surface area contributed by atoms with Crippen molar-refractivity contribution in [3.63, 3.8) is 0 Å². The molecule has 82 valence electrons. The van der Waals surface area contributed by atoms with Crippen LogP contribution in [0.15, 0.2) is 49.6 Å². The quantitative estimate of drug-likeness (QED) is 0.773. The van der Waals surface area contributed by atoms with E-state index in [1.54, 1.807) is 18.6 Å². The van der Waals surface area contributed by atoms with E-state index in [1.165, 1.54) is 5.56 Å². The summed E-state index contributed by atoms with van der Waals surface area (Å²) in [5.41, 5.74) is 1.20. The third-order valence-corrected chi connectivity index (χ3v) is 2.22. The first-order chi connectivity index (χ1) is 7.90. The fourth-order valence-electron chi connectivity index (χ4n) is 1.45. The Morgan fingerprint density at radius 2 is 2.12 bits per heavy atom. The van der Waals surface area contributed by atoms with Gasteiger partial charge in [-0.05, 0) is 17.7 Å². The summed E-state index contributed by atoms with van der Waals surface area (Å²) in [6, 6.07) is 3.99. The molecular weight excluding hydrogens is 200 g/mol. The molecular formula is C12H14N4. The molecule has 0 aliphatic carbocycles. The molecule has 0 amide bonds. The Balaban J connectivity index is 2.09. The fourth-order valence-corrected chi connectivity index (χ4v) is 1.45. The summed E-state index contributed by atoms with van der Waals surface area (Å²) in [6.45, 7) is 5.18. The van der Waals surface area contributed by atoms with Crippen LogP contribution in [0.4, 0.5) is 5.95 Å². The highest BCUT2D eigenvalue weighted by Crippen LogP contribution is 2.08. The van der Waals surface area contributed by atoms with E-state index in [9.17, 15) is 0 Å². The van der Waals surface area contributed by atoms with Crippen LogP contribution in [0, 0.1) is 0 Å². The summed E-state index contributed by atoms with van der Waals surface area (Å²) >= 11 is 0. The molecule has 16 heavy (non-hydrogen) atoms. The van der Waals surface area contributed by atoms with Crippen molar-refractivity contribution in [3.8, 4) is 0 Å². The van der Waals surface area contributed by atoms with Gasteiger partial charge in [-0.1, -0.05) is 6.08 Å². The SMILES string of the molecule is C=CCNc1nccn1Cc1ccncc1. The third kappa shape index (κ3) is 2.48. The van der Waals surface area contributed by atoms with Crippen LogP contribution in [0.5, 0.6) is 0 Å². The number of rotatable bonds is 5. The molecule has 0 spiro atoms. The highest BCUT2D eigenvalue weighted by molar-refractivity contribution is 5.28. The molecule has 0 fully saturated rings. The van der Waals surface area contributed by atoms with Gasteiger partial charge in [-0.2, -0.15) is 0 Å². The Hall–Kier alpha value is -2.10. The summed E-state index contributed by atoms with van der Waals surface area (Å²) in [5, 5.41) is 3.18. The van der Waals surface area contributed by atoms with Crippen LogP contribution < -0.4 is 5.32 Å². The maximum absolute atomic E-state index is 4.24. The number of nitrogens with zero attached hydrogens (tertiary/aromatic N) is 3. The van der Waals surface area contributed by atoms with Crippen LogP contribution in [0.25, 0.3) is 0 Å². The lowest BCUT2D eigenvalue weighted by Crippen LogP contribution is -2.07. The van der Waals surface area contributed by atoms with E-state index in [-0.39, 0.29) is 0 Å². The van der Waals surface area contributed by atoms with E-state index in [1.807, 2.05) is 24.4 Å². The predicted octanol–water partition coefficient (Wildman–Crippen LogP) is 1.92. The average molecular weight is 214 g/mol. The van der Waals surface area contributed by atoms with Gasteiger partial charge in [0, 0.05) is 31.3 Å². The number of pyridine rings is 1. The van der Waals surface area contributed by atoms with Gasteiger partial charge in [0.15, 0.2) is 0 Å². The van der Waals surface area contributed by atoms with E-state index in [0.29, 0.717) is 6.54 Å². The van der Waals surface area contributed by atoms with Gasteiger partial charge in [0.25, 0.3) is 0 Å². The molecule has 4 heteroatoms. The van der Waals surface area contributed by atoms with Crippen LogP contribution in [-0.2, 0) is 6.54 Å². The van der Waals surface area contributed by atoms with Gasteiger partial charge < -0.3 is 9.88 Å². The first-order valence-corrected chi connectivity index (χ1v) is 5.15. The molecule has 0 aliphatic heterocycles. The monoisotopic (exact) mass is 214 g/mol. The van der Waals surface area contributed by atoms with Crippen molar-refractivity contribution in [2.75, 3.05) is 11.9 Å². The first kappa shape index (κ1) is 10.4. The molecule has 1 N–H and O–H groups in total. The van der Waals surface area contributed by atoms with Crippen molar-refractivity contribution >= 4 is 5.95 Å². The number of hydrogen-bond acceptors (Lipinski definition) is 3. The topological polar surface area (TPSA) is 42.7 Å². The van der Waals surface area contributed by atoms with Crippen molar-refractivity contribution in [1.82, 2.24) is 14.5 Å². The zero-order valence-electron chi connectivity index (χ0n) is 9.00. The molecule has 0 unspecified atom stereocenters. The molecule has 2 heterocycles. The predicted molar refractivity (Wildman–Crippen MR) is 64.3 cm³/mol. The minimum absolute atomic E-state index is 0.716. The Bertz CT molecular complexity index is 447. The summed E-state index contributed by atoms with van der Waals surface area (Å²) < 4.78 is 2.05. The molecule has 0 saturated heterocycles. The number of hydrogen-bond donors (Lipinski definition) is 1. The van der Waals surface area contributed by atoms with Crippen LogP contribution in [0.2, 0.25) is 0 Å². The molecule has 0 atom stereocenters. The van der Waals surface area contributed by atoms with Gasteiger partial charge in [-0.15, -0.1) is 6.58 Å². The zero-order valence-corrected chi connectivity index (χ0v) is 9.00. The van der Waals surface area contributed by atoms with E-state index in [4.69, 9.17) is 0 Å². The van der Waals surface area contributed by atoms with Gasteiger partial charge >= 0.3 is 0 Å². The van der Waals surface area contributed by atoms with Crippen molar-refractivity contribution in [3.05, 3.63) is 55.1 Å². The fraction of sp³-hybridized carbons (Fsp3) is 0.167. The Morgan fingerprint density at radius 3 is 2.88 bits per heavy atom. The molecule has 4 nitrogen and oxygen atoms in total. The van der Waals surface area contributed by atoms with Crippen molar-refractivity contribution in [2.24, 2.45) is 0 Å². The number of nitrogens with one attached hydrogen (secondary N) is 1. The third-order valence-electron chi connectivity index (χ3n) is 2.22. The van der Waals surface area contributed by atoms with Crippen LogP contribution in [0.1, 0.15) is 5.56 Å². The highest BCUT2D eigenvalue weighted by atomic mass is 15.2. The standard InChI is InChI=1S/C12H14N4/c1-2-5-14-12-15-8-9-16(12)10-11-3-6-13-7-4-11/h2-4,6-9H,1,5,10H2,(H,14,15). The molecule has 2 aromatic rings. The first-order valence-electron chi connectivity index (χ1n) is 5.15. The van der Waals surface area contributed by atoms with E-state index < -0.39 is 0 Å². The van der Waals surface area contributed by atoms with E-state index in [0.717, 1.165) is 12.5 Å². The van der Waals surface area contributed by atoms with E-state index in [2.05, 4.69) is 26.4 Å². The zero-order chi connectivity index (χ0) is 11.2. The smallest absolute Gasteiger partial charge is 0.203 e. The molecule has 0 aromatic carbocycles.